The number of amides is 2. The summed E-state index contributed by atoms with van der Waals surface area (Å²) in [5, 5.41) is 12.6. The lowest BCUT2D eigenvalue weighted by molar-refractivity contribution is 0.135. The molecule has 1 aromatic heterocycles. The standard InChI is InChI=1S/C19H24N4O2/c1-19(2,3)17-20-10-14(11-21-17)22-18(25)23-9-8-13-6-4-5-7-15(13)16(23)12-24/h4-7,10-11,16,24H,8-9,12H2,1-3H3,(H,22,25). The van der Waals surface area contributed by atoms with Gasteiger partial charge in [0.2, 0.25) is 0 Å². The summed E-state index contributed by atoms with van der Waals surface area (Å²) in [7, 11) is 0. The number of nitrogens with zero attached hydrogens (tertiary/aromatic N) is 3. The van der Waals surface area contributed by atoms with E-state index in [-0.39, 0.29) is 24.1 Å². The quantitative estimate of drug-likeness (QED) is 0.881. The molecule has 6 nitrogen and oxygen atoms in total. The van der Waals surface area contributed by atoms with Crippen LogP contribution >= 0.6 is 0 Å². The Balaban J connectivity index is 1.75. The van der Waals surface area contributed by atoms with Crippen LogP contribution in [0.25, 0.3) is 0 Å². The van der Waals surface area contributed by atoms with Gasteiger partial charge in [0, 0.05) is 12.0 Å². The molecule has 1 aliphatic heterocycles. The van der Waals surface area contributed by atoms with Gasteiger partial charge >= 0.3 is 6.03 Å². The molecule has 0 spiro atoms. The number of aliphatic hydroxyl groups excluding tert-OH is 1. The van der Waals surface area contributed by atoms with Gasteiger partial charge in [-0.15, -0.1) is 0 Å². The Morgan fingerprint density at radius 3 is 2.60 bits per heavy atom. The van der Waals surface area contributed by atoms with Crippen LogP contribution in [0.3, 0.4) is 0 Å². The van der Waals surface area contributed by atoms with E-state index >= 15 is 0 Å². The molecule has 2 amide bonds. The number of urea groups is 1. The maximum atomic E-state index is 12.7. The Morgan fingerprint density at radius 1 is 1.28 bits per heavy atom. The van der Waals surface area contributed by atoms with E-state index in [1.54, 1.807) is 17.3 Å². The summed E-state index contributed by atoms with van der Waals surface area (Å²) in [4.78, 5) is 23.0. The van der Waals surface area contributed by atoms with E-state index in [4.69, 9.17) is 0 Å². The summed E-state index contributed by atoms with van der Waals surface area (Å²) in [6.07, 6.45) is 4.02. The van der Waals surface area contributed by atoms with Gasteiger partial charge in [0.05, 0.1) is 30.7 Å². The van der Waals surface area contributed by atoms with Gasteiger partial charge in [0.1, 0.15) is 5.82 Å². The van der Waals surface area contributed by atoms with Gasteiger partial charge in [-0.2, -0.15) is 0 Å². The first-order valence-electron chi connectivity index (χ1n) is 8.49. The van der Waals surface area contributed by atoms with Crippen LogP contribution in [0, 0.1) is 0 Å². The Hall–Kier alpha value is -2.47. The smallest absolute Gasteiger partial charge is 0.322 e. The highest BCUT2D eigenvalue weighted by Gasteiger charge is 2.30. The maximum absolute atomic E-state index is 12.7. The molecule has 25 heavy (non-hydrogen) atoms. The van der Waals surface area contributed by atoms with Gasteiger partial charge in [-0.05, 0) is 17.5 Å². The molecular formula is C19H24N4O2. The van der Waals surface area contributed by atoms with E-state index in [9.17, 15) is 9.90 Å². The van der Waals surface area contributed by atoms with Gasteiger partial charge in [0.25, 0.3) is 0 Å². The summed E-state index contributed by atoms with van der Waals surface area (Å²) >= 11 is 0. The second kappa shape index (κ2) is 6.80. The van der Waals surface area contributed by atoms with Crippen LogP contribution < -0.4 is 5.32 Å². The lowest BCUT2D eigenvalue weighted by Crippen LogP contribution is -2.43. The molecule has 0 saturated carbocycles. The zero-order valence-electron chi connectivity index (χ0n) is 14.9. The largest absolute Gasteiger partial charge is 0.394 e. The average Bonchev–Trinajstić information content (AvgIpc) is 2.60. The number of aromatic nitrogens is 2. The fourth-order valence-corrected chi connectivity index (χ4v) is 3.07. The highest BCUT2D eigenvalue weighted by atomic mass is 16.3. The number of hydrogen-bond acceptors (Lipinski definition) is 4. The van der Waals surface area contributed by atoms with E-state index in [0.717, 1.165) is 17.8 Å². The summed E-state index contributed by atoms with van der Waals surface area (Å²) in [6, 6.07) is 7.35. The minimum atomic E-state index is -0.334. The lowest BCUT2D eigenvalue weighted by Gasteiger charge is -2.36. The van der Waals surface area contributed by atoms with Crippen LogP contribution in [0.1, 0.15) is 43.8 Å². The molecule has 1 aromatic carbocycles. The van der Waals surface area contributed by atoms with Crippen molar-refractivity contribution >= 4 is 11.7 Å². The molecule has 1 atom stereocenters. The molecule has 2 N–H and O–H groups in total. The molecule has 2 heterocycles. The highest BCUT2D eigenvalue weighted by Crippen LogP contribution is 2.29. The van der Waals surface area contributed by atoms with E-state index in [2.05, 4.69) is 15.3 Å². The summed E-state index contributed by atoms with van der Waals surface area (Å²) in [5.41, 5.74) is 2.60. The number of anilines is 1. The minimum Gasteiger partial charge on any atom is -0.394 e. The lowest BCUT2D eigenvalue weighted by atomic mass is 9.93. The molecule has 6 heteroatoms. The molecule has 0 fully saturated rings. The van der Waals surface area contributed by atoms with Gasteiger partial charge < -0.3 is 15.3 Å². The van der Waals surface area contributed by atoms with Crippen molar-refractivity contribution in [1.82, 2.24) is 14.9 Å². The molecular weight excluding hydrogens is 316 g/mol. The van der Waals surface area contributed by atoms with Crippen LogP contribution in [0.2, 0.25) is 0 Å². The second-order valence-electron chi connectivity index (χ2n) is 7.32. The zero-order chi connectivity index (χ0) is 18.0. The van der Waals surface area contributed by atoms with Crippen LogP contribution in [-0.4, -0.2) is 39.2 Å². The first-order chi connectivity index (χ1) is 11.9. The Labute approximate surface area is 147 Å². The van der Waals surface area contributed by atoms with Gasteiger partial charge in [-0.1, -0.05) is 45.0 Å². The Bertz CT molecular complexity index is 753. The SMILES string of the molecule is CC(C)(C)c1ncc(NC(=O)N2CCc3ccccc3C2CO)cn1. The van der Waals surface area contributed by atoms with Crippen molar-refractivity contribution in [3.05, 3.63) is 53.6 Å². The van der Waals surface area contributed by atoms with Gasteiger partial charge in [0.15, 0.2) is 0 Å². The molecule has 0 saturated heterocycles. The molecule has 132 valence electrons. The number of carbonyl (C=O) groups is 1. The molecule has 0 bridgehead atoms. The minimum absolute atomic E-state index is 0.107. The number of carbonyl (C=O) groups excluding carboxylic acids is 1. The number of fused-ring (bicyclic) bond motifs is 1. The van der Waals surface area contributed by atoms with Crippen molar-refractivity contribution in [2.24, 2.45) is 0 Å². The van der Waals surface area contributed by atoms with Crippen LogP contribution in [0.4, 0.5) is 10.5 Å². The summed E-state index contributed by atoms with van der Waals surface area (Å²) in [5.74, 6) is 0.727. The Morgan fingerprint density at radius 2 is 1.96 bits per heavy atom. The number of benzene rings is 1. The summed E-state index contributed by atoms with van der Waals surface area (Å²) < 4.78 is 0. The predicted molar refractivity (Wildman–Crippen MR) is 96.4 cm³/mol. The zero-order valence-corrected chi connectivity index (χ0v) is 14.9. The highest BCUT2D eigenvalue weighted by molar-refractivity contribution is 5.89. The molecule has 1 aliphatic rings. The molecule has 2 aromatic rings. The third-order valence-electron chi connectivity index (χ3n) is 4.42. The van der Waals surface area contributed by atoms with Crippen molar-refractivity contribution in [3.63, 3.8) is 0 Å². The van der Waals surface area contributed by atoms with Crippen LogP contribution in [-0.2, 0) is 11.8 Å². The van der Waals surface area contributed by atoms with Crippen molar-refractivity contribution in [1.29, 1.82) is 0 Å². The van der Waals surface area contributed by atoms with Crippen molar-refractivity contribution in [2.45, 2.75) is 38.6 Å². The van der Waals surface area contributed by atoms with Crippen LogP contribution in [0.5, 0.6) is 0 Å². The van der Waals surface area contributed by atoms with Crippen molar-refractivity contribution in [3.8, 4) is 0 Å². The first-order valence-corrected chi connectivity index (χ1v) is 8.49. The van der Waals surface area contributed by atoms with E-state index in [1.807, 2.05) is 45.0 Å². The fraction of sp³-hybridized carbons (Fsp3) is 0.421. The van der Waals surface area contributed by atoms with E-state index < -0.39 is 0 Å². The monoisotopic (exact) mass is 340 g/mol. The average molecular weight is 340 g/mol. The predicted octanol–water partition coefficient (Wildman–Crippen LogP) is 2.90. The second-order valence-corrected chi connectivity index (χ2v) is 7.32. The van der Waals surface area contributed by atoms with E-state index in [1.165, 1.54) is 5.56 Å². The number of hydrogen-bond donors (Lipinski definition) is 2. The number of rotatable bonds is 2. The van der Waals surface area contributed by atoms with Gasteiger partial charge in [-0.3, -0.25) is 0 Å². The normalized spacial score (nSPS) is 17.1. The third kappa shape index (κ3) is 3.64. The molecule has 3 rings (SSSR count). The van der Waals surface area contributed by atoms with E-state index in [0.29, 0.717) is 12.2 Å². The number of nitrogens with one attached hydrogen (secondary N) is 1. The molecule has 1 unspecified atom stereocenters. The first kappa shape index (κ1) is 17.4. The molecule has 0 radical (unpaired) electrons. The maximum Gasteiger partial charge on any atom is 0.322 e. The fourth-order valence-electron chi connectivity index (χ4n) is 3.07. The van der Waals surface area contributed by atoms with Crippen molar-refractivity contribution in [2.75, 3.05) is 18.5 Å². The van der Waals surface area contributed by atoms with Gasteiger partial charge in [-0.25, -0.2) is 14.8 Å². The molecule has 0 aliphatic carbocycles. The summed E-state index contributed by atoms with van der Waals surface area (Å²) in [6.45, 7) is 6.58. The number of aliphatic hydroxyl groups is 1. The third-order valence-corrected chi connectivity index (χ3v) is 4.42. The van der Waals surface area contributed by atoms with Crippen molar-refractivity contribution < 1.29 is 9.90 Å². The van der Waals surface area contributed by atoms with Crippen LogP contribution in [0.15, 0.2) is 36.7 Å². The Kier molecular flexibility index (Phi) is 4.72. The topological polar surface area (TPSA) is 78.4 Å².